The summed E-state index contributed by atoms with van der Waals surface area (Å²) >= 11 is 0. The van der Waals surface area contributed by atoms with Crippen molar-refractivity contribution < 1.29 is 24.5 Å². The molecule has 0 saturated carbocycles. The number of aliphatic hydroxyl groups is 2. The van der Waals surface area contributed by atoms with Crippen molar-refractivity contribution in [2.75, 3.05) is 6.61 Å². The SMILES string of the molecule is CCC/C=C/C=C/C=C/C=C/C=C/CCCCCC(CC(=O)NC(CO)C(O)CCCCCCCCCCCCCCC)OC(=O)CCCCC/C=C/C=C/CCCCCCCCC. The zero-order valence-electron chi connectivity index (χ0n) is 41.9. The summed E-state index contributed by atoms with van der Waals surface area (Å²) in [6, 6.07) is -0.726. The van der Waals surface area contributed by atoms with Crippen LogP contribution in [0.1, 0.15) is 245 Å². The highest BCUT2D eigenvalue weighted by molar-refractivity contribution is 5.77. The molecule has 64 heavy (non-hydrogen) atoms. The summed E-state index contributed by atoms with van der Waals surface area (Å²) in [4.78, 5) is 26.2. The normalized spacial score (nSPS) is 13.9. The fraction of sp³-hybridized carbons (Fsp3) is 0.724. The summed E-state index contributed by atoms with van der Waals surface area (Å²) in [5.41, 5.74) is 0. The van der Waals surface area contributed by atoms with Crippen molar-refractivity contribution in [2.45, 2.75) is 264 Å². The van der Waals surface area contributed by atoms with E-state index in [1.807, 2.05) is 36.5 Å². The number of esters is 1. The van der Waals surface area contributed by atoms with Crippen LogP contribution in [0.15, 0.2) is 85.1 Å². The molecule has 0 saturated heterocycles. The number of allylic oxidation sites excluding steroid dienone is 14. The van der Waals surface area contributed by atoms with Crippen molar-refractivity contribution in [3.8, 4) is 0 Å². The van der Waals surface area contributed by atoms with Crippen LogP contribution in [0.2, 0.25) is 0 Å². The van der Waals surface area contributed by atoms with Gasteiger partial charge in [0.15, 0.2) is 0 Å². The van der Waals surface area contributed by atoms with E-state index in [1.54, 1.807) is 0 Å². The van der Waals surface area contributed by atoms with E-state index in [-0.39, 0.29) is 24.9 Å². The van der Waals surface area contributed by atoms with Gasteiger partial charge in [-0.2, -0.15) is 0 Å². The van der Waals surface area contributed by atoms with E-state index in [1.165, 1.54) is 116 Å². The lowest BCUT2D eigenvalue weighted by Crippen LogP contribution is -2.46. The number of ether oxygens (including phenoxy) is 1. The van der Waals surface area contributed by atoms with Gasteiger partial charge in [0.05, 0.1) is 25.2 Å². The second-order valence-corrected chi connectivity index (χ2v) is 18.1. The Kier molecular flexibility index (Phi) is 48.7. The average molecular weight is 892 g/mol. The Morgan fingerprint density at radius 2 is 0.828 bits per heavy atom. The van der Waals surface area contributed by atoms with Crippen LogP contribution in [0, 0.1) is 0 Å². The lowest BCUT2D eigenvalue weighted by Gasteiger charge is -2.24. The van der Waals surface area contributed by atoms with Crippen LogP contribution in [0.4, 0.5) is 0 Å². The van der Waals surface area contributed by atoms with Gasteiger partial charge >= 0.3 is 5.97 Å². The Hall–Kier alpha value is -2.96. The number of nitrogens with one attached hydrogen (secondary N) is 1. The third-order valence-corrected chi connectivity index (χ3v) is 11.8. The second-order valence-electron chi connectivity index (χ2n) is 18.1. The van der Waals surface area contributed by atoms with Crippen molar-refractivity contribution in [3.05, 3.63) is 85.1 Å². The first kappa shape index (κ1) is 61.0. The summed E-state index contributed by atoms with van der Waals surface area (Å²) in [6.07, 6.45) is 66.4. The molecule has 6 nitrogen and oxygen atoms in total. The molecule has 0 aromatic heterocycles. The molecule has 0 bridgehead atoms. The first-order chi connectivity index (χ1) is 31.5. The van der Waals surface area contributed by atoms with Crippen LogP contribution >= 0.6 is 0 Å². The average Bonchev–Trinajstić information content (AvgIpc) is 3.29. The van der Waals surface area contributed by atoms with Crippen LogP contribution in [0.25, 0.3) is 0 Å². The zero-order valence-corrected chi connectivity index (χ0v) is 41.9. The summed E-state index contributed by atoms with van der Waals surface area (Å²) < 4.78 is 5.91. The summed E-state index contributed by atoms with van der Waals surface area (Å²) in [6.45, 7) is 6.37. The first-order valence-electron chi connectivity index (χ1n) is 26.9. The van der Waals surface area contributed by atoms with Crippen LogP contribution in [0.5, 0.6) is 0 Å². The molecule has 0 fully saturated rings. The fourth-order valence-corrected chi connectivity index (χ4v) is 7.75. The lowest BCUT2D eigenvalue weighted by atomic mass is 10.0. The summed E-state index contributed by atoms with van der Waals surface area (Å²) in [7, 11) is 0. The number of unbranched alkanes of at least 4 members (excludes halogenated alkanes) is 26. The molecule has 0 rings (SSSR count). The van der Waals surface area contributed by atoms with E-state index < -0.39 is 18.2 Å². The van der Waals surface area contributed by atoms with Gasteiger partial charge in [0, 0.05) is 6.42 Å². The number of carbonyl (C=O) groups excluding carboxylic acids is 2. The molecule has 1 amide bonds. The smallest absolute Gasteiger partial charge is 0.306 e. The van der Waals surface area contributed by atoms with Crippen molar-refractivity contribution in [1.29, 1.82) is 0 Å². The van der Waals surface area contributed by atoms with Gasteiger partial charge < -0.3 is 20.3 Å². The topological polar surface area (TPSA) is 95.9 Å². The lowest BCUT2D eigenvalue weighted by molar-refractivity contribution is -0.151. The Morgan fingerprint density at radius 3 is 1.30 bits per heavy atom. The third-order valence-electron chi connectivity index (χ3n) is 11.8. The van der Waals surface area contributed by atoms with Crippen LogP contribution in [-0.2, 0) is 14.3 Å². The molecule has 0 aromatic carbocycles. The number of hydrogen-bond acceptors (Lipinski definition) is 5. The van der Waals surface area contributed by atoms with Gasteiger partial charge in [-0.25, -0.2) is 0 Å². The Balaban J connectivity index is 4.73. The summed E-state index contributed by atoms with van der Waals surface area (Å²) in [5.74, 6) is -0.549. The molecule has 0 aliphatic rings. The highest BCUT2D eigenvalue weighted by Gasteiger charge is 2.24. The van der Waals surface area contributed by atoms with E-state index in [2.05, 4.69) is 74.7 Å². The van der Waals surface area contributed by atoms with Gasteiger partial charge in [0.2, 0.25) is 5.91 Å². The van der Waals surface area contributed by atoms with Crippen LogP contribution in [-0.4, -0.2) is 46.9 Å². The number of rotatable bonds is 47. The molecule has 0 aromatic rings. The third kappa shape index (κ3) is 45.6. The first-order valence-corrected chi connectivity index (χ1v) is 26.9. The molecular formula is C58H101NO5. The number of hydrogen-bond donors (Lipinski definition) is 3. The number of carbonyl (C=O) groups is 2. The van der Waals surface area contributed by atoms with E-state index in [4.69, 9.17) is 4.74 Å². The molecule has 368 valence electrons. The minimum Gasteiger partial charge on any atom is -0.462 e. The van der Waals surface area contributed by atoms with Crippen LogP contribution in [0.3, 0.4) is 0 Å². The van der Waals surface area contributed by atoms with Crippen molar-refractivity contribution in [3.63, 3.8) is 0 Å². The molecular weight excluding hydrogens is 791 g/mol. The maximum Gasteiger partial charge on any atom is 0.306 e. The number of aliphatic hydroxyl groups excluding tert-OH is 2. The molecule has 0 aliphatic heterocycles. The highest BCUT2D eigenvalue weighted by Crippen LogP contribution is 2.17. The van der Waals surface area contributed by atoms with E-state index in [0.717, 1.165) is 83.5 Å². The zero-order chi connectivity index (χ0) is 46.7. The largest absolute Gasteiger partial charge is 0.462 e. The van der Waals surface area contributed by atoms with Crippen molar-refractivity contribution >= 4 is 11.9 Å². The monoisotopic (exact) mass is 892 g/mol. The minimum atomic E-state index is -0.808. The molecule has 0 heterocycles. The van der Waals surface area contributed by atoms with Crippen molar-refractivity contribution in [1.82, 2.24) is 5.32 Å². The van der Waals surface area contributed by atoms with E-state index in [9.17, 15) is 19.8 Å². The van der Waals surface area contributed by atoms with Crippen molar-refractivity contribution in [2.24, 2.45) is 0 Å². The van der Waals surface area contributed by atoms with Gasteiger partial charge in [-0.1, -0.05) is 247 Å². The Labute approximate surface area is 395 Å². The maximum atomic E-state index is 13.2. The standard InChI is InChI=1S/C58H101NO5/c1-4-7-10-13-16-19-22-25-27-29-32-34-37-40-43-46-49-54(64-58(63)51-48-45-42-39-36-33-30-28-26-23-20-17-14-11-8-5-2)52-57(62)59-55(53-60)56(61)50-47-44-41-38-35-31-24-21-18-15-12-9-6-3/h10,13,16,19,22,25,27-30,32-34,36,54-56,60-61H,4-9,11-12,14-15,17-18,20-21,23-24,26,31,35,37-53H2,1-3H3,(H,59,62)/b13-10+,19-16+,25-22+,29-27+,30-28+,34-32+,36-33+. The fourth-order valence-electron chi connectivity index (χ4n) is 7.75. The quantitative estimate of drug-likeness (QED) is 0.0321. The van der Waals surface area contributed by atoms with E-state index in [0.29, 0.717) is 19.3 Å². The molecule has 3 N–H and O–H groups in total. The Morgan fingerprint density at radius 1 is 0.453 bits per heavy atom. The molecule has 0 aliphatic carbocycles. The maximum absolute atomic E-state index is 13.2. The molecule has 0 radical (unpaired) electrons. The van der Waals surface area contributed by atoms with Crippen LogP contribution < -0.4 is 5.32 Å². The highest BCUT2D eigenvalue weighted by atomic mass is 16.5. The minimum absolute atomic E-state index is 0.0351. The van der Waals surface area contributed by atoms with Gasteiger partial charge in [-0.3, -0.25) is 9.59 Å². The van der Waals surface area contributed by atoms with Gasteiger partial charge in [0.1, 0.15) is 6.10 Å². The molecule has 3 unspecified atom stereocenters. The van der Waals surface area contributed by atoms with Gasteiger partial charge in [-0.15, -0.1) is 0 Å². The molecule has 3 atom stereocenters. The molecule has 0 spiro atoms. The molecule has 6 heteroatoms. The predicted molar refractivity (Wildman–Crippen MR) is 278 cm³/mol. The van der Waals surface area contributed by atoms with Gasteiger partial charge in [-0.05, 0) is 70.6 Å². The predicted octanol–water partition coefficient (Wildman–Crippen LogP) is 16.3. The summed E-state index contributed by atoms with van der Waals surface area (Å²) in [5, 5.41) is 23.8. The number of amides is 1. The second kappa shape index (κ2) is 51.0. The van der Waals surface area contributed by atoms with Gasteiger partial charge in [0.25, 0.3) is 0 Å². The Bertz CT molecular complexity index is 1230. The van der Waals surface area contributed by atoms with E-state index >= 15 is 0 Å².